The van der Waals surface area contributed by atoms with Crippen molar-refractivity contribution >= 4 is 0 Å². The molecule has 0 heterocycles. The summed E-state index contributed by atoms with van der Waals surface area (Å²) < 4.78 is 0. The average molecular weight is 116 g/mol. The van der Waals surface area contributed by atoms with Crippen LogP contribution < -0.4 is 0 Å². The molecule has 0 radical (unpaired) electrons. The van der Waals surface area contributed by atoms with Crippen LogP contribution >= 0.6 is 0 Å². The molecular weight excluding hydrogens is 104 g/mol. The maximum Gasteiger partial charge on any atom is 0.171 e. The normalized spacial score (nSPS) is 12.2. The van der Waals surface area contributed by atoms with Gasteiger partial charge >= 0.3 is 0 Å². The predicted octanol–water partition coefficient (Wildman–Crippen LogP) is 0.509. The fourth-order valence-electron chi connectivity index (χ4n) is 0.322. The molecule has 0 fully saturated rings. The Balaban J connectivity index is 3.34. The van der Waals surface area contributed by atoms with Crippen LogP contribution in [-0.4, -0.2) is 16.5 Å². The summed E-state index contributed by atoms with van der Waals surface area (Å²) in [6.07, 6.45) is 1.80. The van der Waals surface area contributed by atoms with Crippen LogP contribution in [0.3, 0.4) is 0 Å². The fraction of sp³-hybridized carbons (Fsp3) is 0.667. The smallest absolute Gasteiger partial charge is 0.171 e. The maximum absolute atomic E-state index is 8.27. The van der Waals surface area contributed by atoms with Crippen molar-refractivity contribution in [2.75, 3.05) is 0 Å². The van der Waals surface area contributed by atoms with Crippen molar-refractivity contribution < 1.29 is 10.2 Å². The van der Waals surface area contributed by atoms with Crippen LogP contribution in [-0.2, 0) is 0 Å². The number of aliphatic hydroxyl groups excluding tert-OH is 1. The van der Waals surface area contributed by atoms with Gasteiger partial charge in [-0.2, -0.15) is 0 Å². The SMILES string of the molecule is CC(C)/C=C/C(O)O. The second kappa shape index (κ2) is 3.64. The first-order valence-electron chi connectivity index (χ1n) is 2.67. The van der Waals surface area contributed by atoms with E-state index in [1.807, 2.05) is 13.8 Å². The lowest BCUT2D eigenvalue weighted by atomic mass is 10.2. The highest BCUT2D eigenvalue weighted by Gasteiger charge is 1.87. The fourth-order valence-corrected chi connectivity index (χ4v) is 0.322. The summed E-state index contributed by atoms with van der Waals surface area (Å²) in [5.41, 5.74) is 0. The van der Waals surface area contributed by atoms with Gasteiger partial charge < -0.3 is 10.2 Å². The molecule has 2 heteroatoms. The van der Waals surface area contributed by atoms with Gasteiger partial charge in [0.1, 0.15) is 0 Å². The van der Waals surface area contributed by atoms with E-state index < -0.39 is 6.29 Å². The van der Waals surface area contributed by atoms with Gasteiger partial charge in [0.05, 0.1) is 0 Å². The van der Waals surface area contributed by atoms with E-state index in [1.54, 1.807) is 6.08 Å². The van der Waals surface area contributed by atoms with Gasteiger partial charge in [-0.25, -0.2) is 0 Å². The third-order valence-corrected chi connectivity index (χ3v) is 0.668. The summed E-state index contributed by atoms with van der Waals surface area (Å²) in [7, 11) is 0. The molecule has 0 aromatic rings. The van der Waals surface area contributed by atoms with Gasteiger partial charge in [-0.15, -0.1) is 0 Å². The molecule has 0 bridgehead atoms. The molecule has 0 saturated carbocycles. The molecule has 0 aliphatic rings. The minimum absolute atomic E-state index is 0.386. The average Bonchev–Trinajstić information content (AvgIpc) is 1.61. The van der Waals surface area contributed by atoms with Crippen molar-refractivity contribution in [3.05, 3.63) is 12.2 Å². The van der Waals surface area contributed by atoms with E-state index in [1.165, 1.54) is 6.08 Å². The van der Waals surface area contributed by atoms with Crippen molar-refractivity contribution in [3.63, 3.8) is 0 Å². The Kier molecular flexibility index (Phi) is 3.48. The molecule has 48 valence electrons. The van der Waals surface area contributed by atoms with Crippen LogP contribution in [0.1, 0.15) is 13.8 Å². The van der Waals surface area contributed by atoms with Gasteiger partial charge in [-0.3, -0.25) is 0 Å². The molecule has 0 atom stereocenters. The van der Waals surface area contributed by atoms with Crippen LogP contribution in [0.25, 0.3) is 0 Å². The number of hydrogen-bond donors (Lipinski definition) is 2. The molecular formula is C6H12O2. The van der Waals surface area contributed by atoms with Gasteiger partial charge in [-0.1, -0.05) is 19.9 Å². The van der Waals surface area contributed by atoms with E-state index >= 15 is 0 Å². The highest BCUT2D eigenvalue weighted by atomic mass is 16.5. The molecule has 0 aliphatic carbocycles. The third-order valence-electron chi connectivity index (χ3n) is 0.668. The molecule has 8 heavy (non-hydrogen) atoms. The molecule has 0 aromatic heterocycles. The number of allylic oxidation sites excluding steroid dienone is 1. The van der Waals surface area contributed by atoms with Gasteiger partial charge in [-0.05, 0) is 12.0 Å². The zero-order chi connectivity index (χ0) is 6.57. The number of aliphatic hydroxyl groups is 2. The summed E-state index contributed by atoms with van der Waals surface area (Å²) >= 11 is 0. The lowest BCUT2D eigenvalue weighted by Crippen LogP contribution is -1.98. The van der Waals surface area contributed by atoms with Crippen molar-refractivity contribution in [3.8, 4) is 0 Å². The van der Waals surface area contributed by atoms with E-state index in [4.69, 9.17) is 10.2 Å². The van der Waals surface area contributed by atoms with Crippen LogP contribution in [0.15, 0.2) is 12.2 Å². The maximum atomic E-state index is 8.27. The van der Waals surface area contributed by atoms with Crippen molar-refractivity contribution in [1.29, 1.82) is 0 Å². The van der Waals surface area contributed by atoms with Crippen LogP contribution in [0.2, 0.25) is 0 Å². The number of hydrogen-bond acceptors (Lipinski definition) is 2. The summed E-state index contributed by atoms with van der Waals surface area (Å²) in [6.45, 7) is 3.94. The molecule has 2 nitrogen and oxygen atoms in total. The lowest BCUT2D eigenvalue weighted by molar-refractivity contribution is 0.00200. The lowest BCUT2D eigenvalue weighted by Gasteiger charge is -1.94. The Morgan fingerprint density at radius 1 is 1.12 bits per heavy atom. The largest absolute Gasteiger partial charge is 0.365 e. The van der Waals surface area contributed by atoms with Gasteiger partial charge in [0.25, 0.3) is 0 Å². The van der Waals surface area contributed by atoms with Crippen LogP contribution in [0.4, 0.5) is 0 Å². The molecule has 0 aromatic carbocycles. The van der Waals surface area contributed by atoms with E-state index in [9.17, 15) is 0 Å². The Labute approximate surface area is 49.5 Å². The second-order valence-electron chi connectivity index (χ2n) is 2.04. The van der Waals surface area contributed by atoms with Crippen molar-refractivity contribution in [1.82, 2.24) is 0 Å². The summed E-state index contributed by atoms with van der Waals surface area (Å²) in [5.74, 6) is 0.386. The Bertz CT molecular complexity index is 64.6. The van der Waals surface area contributed by atoms with Gasteiger partial charge in [0.2, 0.25) is 0 Å². The Morgan fingerprint density at radius 2 is 1.62 bits per heavy atom. The molecule has 0 saturated heterocycles. The second-order valence-corrected chi connectivity index (χ2v) is 2.04. The number of rotatable bonds is 2. The highest BCUT2D eigenvalue weighted by molar-refractivity contribution is 4.85. The molecule has 0 spiro atoms. The first kappa shape index (κ1) is 7.66. The van der Waals surface area contributed by atoms with E-state index in [2.05, 4.69) is 0 Å². The summed E-state index contributed by atoms with van der Waals surface area (Å²) in [5, 5.41) is 16.5. The Morgan fingerprint density at radius 3 is 1.75 bits per heavy atom. The molecule has 0 aliphatic heterocycles. The van der Waals surface area contributed by atoms with Crippen LogP contribution in [0, 0.1) is 5.92 Å². The standard InChI is InChI=1S/C6H12O2/c1-5(2)3-4-6(7)8/h3-8H,1-2H3/b4-3+. The molecule has 0 amide bonds. The quantitative estimate of drug-likeness (QED) is 0.407. The first-order valence-corrected chi connectivity index (χ1v) is 2.67. The topological polar surface area (TPSA) is 40.5 Å². The molecule has 0 unspecified atom stereocenters. The van der Waals surface area contributed by atoms with Gasteiger partial charge in [0, 0.05) is 0 Å². The molecule has 0 rings (SSSR count). The first-order chi connectivity index (χ1) is 3.63. The minimum atomic E-state index is -1.29. The van der Waals surface area contributed by atoms with E-state index in [0.29, 0.717) is 5.92 Å². The highest BCUT2D eigenvalue weighted by Crippen LogP contribution is 1.93. The molecule has 2 N–H and O–H groups in total. The van der Waals surface area contributed by atoms with Crippen molar-refractivity contribution in [2.24, 2.45) is 5.92 Å². The van der Waals surface area contributed by atoms with E-state index in [0.717, 1.165) is 0 Å². The zero-order valence-corrected chi connectivity index (χ0v) is 5.20. The summed E-state index contributed by atoms with van der Waals surface area (Å²) in [4.78, 5) is 0. The van der Waals surface area contributed by atoms with Crippen LogP contribution in [0.5, 0.6) is 0 Å². The zero-order valence-electron chi connectivity index (χ0n) is 5.20. The third kappa shape index (κ3) is 5.66. The monoisotopic (exact) mass is 116 g/mol. The van der Waals surface area contributed by atoms with Crippen molar-refractivity contribution in [2.45, 2.75) is 20.1 Å². The predicted molar refractivity (Wildman–Crippen MR) is 32.2 cm³/mol. The Hall–Kier alpha value is -0.340. The summed E-state index contributed by atoms with van der Waals surface area (Å²) in [6, 6.07) is 0. The van der Waals surface area contributed by atoms with E-state index in [-0.39, 0.29) is 0 Å². The van der Waals surface area contributed by atoms with Gasteiger partial charge in [0.15, 0.2) is 6.29 Å². The minimum Gasteiger partial charge on any atom is -0.365 e.